The molecule has 7 heteroatoms. The standard InChI is InChI=1S/C27H34N2O5/c1-17(2)19-7-9-20(10-8-19)22-14-24(23(16-30)21-11-13-33-26(21)22)28-15-18(3)27(31)29-34-25-6-4-5-12-32-25/h7-10,14,17,25,28,30H,3-6,11-13,15-16H2,1-2H3,(H,29,31). The molecule has 1 amide bonds. The third-order valence-electron chi connectivity index (χ3n) is 6.38. The molecule has 0 spiro atoms. The van der Waals surface area contributed by atoms with Crippen LogP contribution in [0.2, 0.25) is 0 Å². The number of aliphatic hydroxyl groups excluding tert-OH is 1. The zero-order valence-electron chi connectivity index (χ0n) is 20.0. The van der Waals surface area contributed by atoms with Gasteiger partial charge in [0.2, 0.25) is 0 Å². The Labute approximate surface area is 201 Å². The lowest BCUT2D eigenvalue weighted by Crippen LogP contribution is -2.34. The molecule has 1 fully saturated rings. The number of anilines is 1. The van der Waals surface area contributed by atoms with Crippen molar-refractivity contribution in [1.82, 2.24) is 5.48 Å². The normalized spacial score (nSPS) is 17.2. The largest absolute Gasteiger partial charge is 0.492 e. The highest BCUT2D eigenvalue weighted by molar-refractivity contribution is 5.93. The Balaban J connectivity index is 1.49. The Morgan fingerprint density at radius 1 is 1.24 bits per heavy atom. The zero-order chi connectivity index (χ0) is 24.1. The number of rotatable bonds is 9. The summed E-state index contributed by atoms with van der Waals surface area (Å²) in [4.78, 5) is 17.8. The van der Waals surface area contributed by atoms with E-state index in [-0.39, 0.29) is 13.2 Å². The molecule has 2 aliphatic heterocycles. The van der Waals surface area contributed by atoms with Gasteiger partial charge < -0.3 is 19.9 Å². The number of benzene rings is 2. The fourth-order valence-corrected chi connectivity index (χ4v) is 4.32. The summed E-state index contributed by atoms with van der Waals surface area (Å²) in [6.07, 6.45) is 3.09. The molecule has 34 heavy (non-hydrogen) atoms. The number of hydroxylamine groups is 1. The van der Waals surface area contributed by atoms with Gasteiger partial charge in [-0.2, -0.15) is 0 Å². The molecule has 0 aliphatic carbocycles. The maximum atomic E-state index is 12.4. The lowest BCUT2D eigenvalue weighted by Gasteiger charge is -2.22. The molecule has 0 aromatic heterocycles. The van der Waals surface area contributed by atoms with Crippen LogP contribution in [0.25, 0.3) is 11.1 Å². The number of amides is 1. The predicted octanol–water partition coefficient (Wildman–Crippen LogP) is 4.45. The summed E-state index contributed by atoms with van der Waals surface area (Å²) in [6.45, 7) is 9.53. The van der Waals surface area contributed by atoms with Gasteiger partial charge in [0, 0.05) is 53.9 Å². The number of aliphatic hydroxyl groups is 1. The lowest BCUT2D eigenvalue weighted by molar-refractivity contribution is -0.198. The molecule has 1 unspecified atom stereocenters. The van der Waals surface area contributed by atoms with E-state index in [1.807, 2.05) is 6.07 Å². The summed E-state index contributed by atoms with van der Waals surface area (Å²) in [5.74, 6) is 0.876. The fourth-order valence-electron chi connectivity index (χ4n) is 4.32. The van der Waals surface area contributed by atoms with Gasteiger partial charge in [0.1, 0.15) is 5.75 Å². The van der Waals surface area contributed by atoms with E-state index in [4.69, 9.17) is 14.3 Å². The van der Waals surface area contributed by atoms with E-state index in [1.165, 1.54) is 5.56 Å². The van der Waals surface area contributed by atoms with Crippen LogP contribution in [0.5, 0.6) is 5.75 Å². The number of carbonyl (C=O) groups excluding carboxylic acids is 1. The Bertz CT molecular complexity index is 1030. The van der Waals surface area contributed by atoms with Crippen molar-refractivity contribution in [3.05, 3.63) is 59.2 Å². The Morgan fingerprint density at radius 2 is 2.03 bits per heavy atom. The maximum absolute atomic E-state index is 12.4. The monoisotopic (exact) mass is 466 g/mol. The third-order valence-corrected chi connectivity index (χ3v) is 6.38. The van der Waals surface area contributed by atoms with Crippen LogP contribution >= 0.6 is 0 Å². The molecule has 1 atom stereocenters. The van der Waals surface area contributed by atoms with E-state index in [1.54, 1.807) is 0 Å². The second kappa shape index (κ2) is 11.0. The van der Waals surface area contributed by atoms with E-state index in [9.17, 15) is 9.90 Å². The van der Waals surface area contributed by atoms with Crippen LogP contribution in [0.3, 0.4) is 0 Å². The van der Waals surface area contributed by atoms with Crippen LogP contribution < -0.4 is 15.5 Å². The highest BCUT2D eigenvalue weighted by Gasteiger charge is 2.24. The van der Waals surface area contributed by atoms with Crippen molar-refractivity contribution in [3.8, 4) is 16.9 Å². The van der Waals surface area contributed by atoms with Gasteiger partial charge in [0.15, 0.2) is 6.29 Å². The van der Waals surface area contributed by atoms with E-state index < -0.39 is 12.2 Å². The van der Waals surface area contributed by atoms with Gasteiger partial charge in [0.25, 0.3) is 5.91 Å². The first-order valence-electron chi connectivity index (χ1n) is 12.0. The molecule has 0 saturated carbocycles. The van der Waals surface area contributed by atoms with Crippen molar-refractivity contribution in [2.24, 2.45) is 0 Å². The highest BCUT2D eigenvalue weighted by Crippen LogP contribution is 2.42. The number of hydrogen-bond donors (Lipinski definition) is 3. The van der Waals surface area contributed by atoms with Gasteiger partial charge >= 0.3 is 0 Å². The first-order valence-corrected chi connectivity index (χ1v) is 12.0. The second-order valence-corrected chi connectivity index (χ2v) is 9.09. The van der Waals surface area contributed by atoms with E-state index in [2.05, 4.69) is 55.5 Å². The molecule has 0 radical (unpaired) electrons. The Morgan fingerprint density at radius 3 is 2.71 bits per heavy atom. The summed E-state index contributed by atoms with van der Waals surface area (Å²) in [5.41, 5.74) is 8.60. The van der Waals surface area contributed by atoms with Gasteiger partial charge in [-0.3, -0.25) is 4.79 Å². The molecule has 1 saturated heterocycles. The quantitative estimate of drug-likeness (QED) is 0.374. The van der Waals surface area contributed by atoms with Crippen molar-refractivity contribution in [2.45, 2.75) is 58.3 Å². The van der Waals surface area contributed by atoms with Crippen LogP contribution in [0.15, 0.2) is 42.5 Å². The van der Waals surface area contributed by atoms with Crippen LogP contribution in [0.4, 0.5) is 5.69 Å². The van der Waals surface area contributed by atoms with E-state index >= 15 is 0 Å². The minimum Gasteiger partial charge on any atom is -0.492 e. The molecule has 2 aromatic rings. The molecule has 7 nitrogen and oxygen atoms in total. The molecule has 182 valence electrons. The SMILES string of the molecule is C=C(CNc1cc(-c2ccc(C(C)C)cc2)c2c(c1CO)CCO2)C(=O)NOC1CCCCO1. The van der Waals surface area contributed by atoms with Crippen molar-refractivity contribution in [2.75, 3.05) is 25.1 Å². The first-order chi connectivity index (χ1) is 16.5. The molecular formula is C27H34N2O5. The van der Waals surface area contributed by atoms with E-state index in [0.717, 1.165) is 59.4 Å². The van der Waals surface area contributed by atoms with E-state index in [0.29, 0.717) is 24.7 Å². The first kappa shape index (κ1) is 24.3. The lowest BCUT2D eigenvalue weighted by atomic mass is 9.93. The fraction of sp³-hybridized carbons (Fsp3) is 0.444. The van der Waals surface area contributed by atoms with Crippen LogP contribution in [0.1, 0.15) is 55.7 Å². The maximum Gasteiger partial charge on any atom is 0.272 e. The van der Waals surface area contributed by atoms with Gasteiger partial charge in [-0.15, -0.1) is 0 Å². The minimum atomic E-state index is -0.416. The smallest absolute Gasteiger partial charge is 0.272 e. The molecule has 2 aliphatic rings. The number of nitrogens with one attached hydrogen (secondary N) is 2. The molecule has 3 N–H and O–H groups in total. The molecule has 4 rings (SSSR count). The van der Waals surface area contributed by atoms with Crippen molar-refractivity contribution < 1.29 is 24.2 Å². The van der Waals surface area contributed by atoms with Gasteiger partial charge in [-0.25, -0.2) is 10.3 Å². The van der Waals surface area contributed by atoms with Gasteiger partial charge in [-0.05, 0) is 36.0 Å². The molecular weight excluding hydrogens is 432 g/mol. The number of fused-ring (bicyclic) bond motifs is 1. The summed E-state index contributed by atoms with van der Waals surface area (Å²) in [5, 5.41) is 13.4. The van der Waals surface area contributed by atoms with Crippen molar-refractivity contribution in [1.29, 1.82) is 0 Å². The van der Waals surface area contributed by atoms with Gasteiger partial charge in [-0.1, -0.05) is 44.7 Å². The number of ether oxygens (including phenoxy) is 2. The Hall–Kier alpha value is -2.87. The van der Waals surface area contributed by atoms with Crippen molar-refractivity contribution >= 4 is 11.6 Å². The predicted molar refractivity (Wildman–Crippen MR) is 132 cm³/mol. The highest BCUT2D eigenvalue weighted by atomic mass is 16.8. The Kier molecular flexibility index (Phi) is 7.88. The van der Waals surface area contributed by atoms with Crippen LogP contribution in [0, 0.1) is 0 Å². The summed E-state index contributed by atoms with van der Waals surface area (Å²) >= 11 is 0. The molecule has 2 aromatic carbocycles. The average molecular weight is 467 g/mol. The summed E-state index contributed by atoms with van der Waals surface area (Å²) in [7, 11) is 0. The number of carbonyl (C=O) groups is 1. The topological polar surface area (TPSA) is 89.0 Å². The van der Waals surface area contributed by atoms with Gasteiger partial charge in [0.05, 0.1) is 13.2 Å². The van der Waals surface area contributed by atoms with Crippen molar-refractivity contribution in [3.63, 3.8) is 0 Å². The number of hydrogen-bond acceptors (Lipinski definition) is 6. The van der Waals surface area contributed by atoms with Crippen LogP contribution in [-0.2, 0) is 27.4 Å². The minimum absolute atomic E-state index is 0.124. The third kappa shape index (κ3) is 5.43. The second-order valence-electron chi connectivity index (χ2n) is 9.09. The summed E-state index contributed by atoms with van der Waals surface area (Å²) < 4.78 is 11.4. The zero-order valence-corrected chi connectivity index (χ0v) is 20.0. The molecule has 2 heterocycles. The molecule has 0 bridgehead atoms. The average Bonchev–Trinajstić information content (AvgIpc) is 3.35. The van der Waals surface area contributed by atoms with Crippen LogP contribution in [-0.4, -0.2) is 37.1 Å². The summed E-state index contributed by atoms with van der Waals surface area (Å²) in [6, 6.07) is 10.5.